The first-order valence-electron chi connectivity index (χ1n) is 3.64. The van der Waals surface area contributed by atoms with Crippen molar-refractivity contribution < 1.29 is 0 Å². The van der Waals surface area contributed by atoms with Gasteiger partial charge in [0.25, 0.3) is 0 Å². The molecule has 1 unspecified atom stereocenters. The van der Waals surface area contributed by atoms with Gasteiger partial charge in [-0.3, -0.25) is 0 Å². The molecular formula is C8H17N. The zero-order valence-electron chi connectivity index (χ0n) is 6.65. The highest BCUT2D eigenvalue weighted by Gasteiger charge is 1.91. The minimum absolute atomic E-state index is 0.676. The van der Waals surface area contributed by atoms with Crippen LogP contribution in [-0.4, -0.2) is 13.1 Å². The van der Waals surface area contributed by atoms with Crippen LogP contribution in [0.4, 0.5) is 0 Å². The lowest BCUT2D eigenvalue weighted by molar-refractivity contribution is 0.611. The fourth-order valence-electron chi connectivity index (χ4n) is 0.769. The Morgan fingerprint density at radius 3 is 2.67 bits per heavy atom. The fourth-order valence-corrected chi connectivity index (χ4v) is 0.769. The van der Waals surface area contributed by atoms with E-state index in [1.54, 1.807) is 0 Å². The third kappa shape index (κ3) is 5.57. The van der Waals surface area contributed by atoms with Crippen molar-refractivity contribution in [2.75, 3.05) is 13.1 Å². The summed E-state index contributed by atoms with van der Waals surface area (Å²) in [6, 6.07) is 0. The van der Waals surface area contributed by atoms with Crippen LogP contribution < -0.4 is 5.32 Å². The molecule has 0 aliphatic rings. The predicted octanol–water partition coefficient (Wildman–Crippen LogP) is 1.81. The Kier molecular flexibility index (Phi) is 5.64. The lowest BCUT2D eigenvalue weighted by Crippen LogP contribution is -2.19. The molecule has 0 bridgehead atoms. The minimum atomic E-state index is 0.676. The Bertz CT molecular complexity index is 76.6. The number of nitrogens with one attached hydrogen (secondary N) is 1. The molecule has 54 valence electrons. The number of hydrogen-bond donors (Lipinski definition) is 1. The monoisotopic (exact) mass is 127 g/mol. The Hall–Kier alpha value is -0.300. The van der Waals surface area contributed by atoms with E-state index in [0.717, 1.165) is 13.1 Å². The predicted molar refractivity (Wildman–Crippen MR) is 42.5 cm³/mol. The van der Waals surface area contributed by atoms with E-state index in [2.05, 4.69) is 38.2 Å². The Morgan fingerprint density at radius 2 is 2.22 bits per heavy atom. The molecule has 0 radical (unpaired) electrons. The van der Waals surface area contributed by atoms with Gasteiger partial charge in [-0.25, -0.2) is 0 Å². The fraction of sp³-hybridized carbons (Fsp3) is 0.750. The molecule has 0 heterocycles. The third-order valence-corrected chi connectivity index (χ3v) is 1.24. The highest BCUT2D eigenvalue weighted by atomic mass is 14.8. The second-order valence-electron chi connectivity index (χ2n) is 2.31. The van der Waals surface area contributed by atoms with E-state index in [1.165, 1.54) is 0 Å². The SMILES string of the molecule is C/C=C\C(C)CNCC. The van der Waals surface area contributed by atoms with Crippen LogP contribution in [0.2, 0.25) is 0 Å². The van der Waals surface area contributed by atoms with Crippen molar-refractivity contribution in [1.82, 2.24) is 5.32 Å². The summed E-state index contributed by atoms with van der Waals surface area (Å²) in [6.07, 6.45) is 4.31. The topological polar surface area (TPSA) is 12.0 Å². The first-order valence-corrected chi connectivity index (χ1v) is 3.64. The lowest BCUT2D eigenvalue weighted by atomic mass is 10.2. The maximum Gasteiger partial charge on any atom is 0.00114 e. The van der Waals surface area contributed by atoms with Gasteiger partial charge >= 0.3 is 0 Å². The van der Waals surface area contributed by atoms with Gasteiger partial charge in [-0.1, -0.05) is 26.0 Å². The van der Waals surface area contributed by atoms with Crippen LogP contribution in [0.1, 0.15) is 20.8 Å². The van der Waals surface area contributed by atoms with Gasteiger partial charge in [0, 0.05) is 6.54 Å². The van der Waals surface area contributed by atoms with E-state index in [1.807, 2.05) is 0 Å². The first kappa shape index (κ1) is 8.70. The second-order valence-corrected chi connectivity index (χ2v) is 2.31. The molecule has 0 saturated heterocycles. The highest BCUT2D eigenvalue weighted by Crippen LogP contribution is 1.92. The molecule has 0 fully saturated rings. The normalized spacial score (nSPS) is 14.6. The van der Waals surface area contributed by atoms with Crippen molar-refractivity contribution in [3.63, 3.8) is 0 Å². The zero-order chi connectivity index (χ0) is 7.11. The molecule has 0 spiro atoms. The maximum absolute atomic E-state index is 3.28. The summed E-state index contributed by atoms with van der Waals surface area (Å²) in [5.74, 6) is 0.676. The van der Waals surface area contributed by atoms with Crippen LogP contribution >= 0.6 is 0 Å². The van der Waals surface area contributed by atoms with Gasteiger partial charge in [0.1, 0.15) is 0 Å². The number of hydrogen-bond acceptors (Lipinski definition) is 1. The summed E-state index contributed by atoms with van der Waals surface area (Å²) in [4.78, 5) is 0. The van der Waals surface area contributed by atoms with Crippen LogP contribution in [-0.2, 0) is 0 Å². The molecule has 0 aliphatic heterocycles. The molecule has 1 heteroatoms. The summed E-state index contributed by atoms with van der Waals surface area (Å²) in [6.45, 7) is 8.57. The van der Waals surface area contributed by atoms with Crippen LogP contribution in [0.25, 0.3) is 0 Å². The molecule has 1 N–H and O–H groups in total. The molecule has 9 heavy (non-hydrogen) atoms. The van der Waals surface area contributed by atoms with Crippen molar-refractivity contribution in [3.8, 4) is 0 Å². The number of rotatable bonds is 4. The molecule has 1 atom stereocenters. The largest absolute Gasteiger partial charge is 0.316 e. The molecule has 0 amide bonds. The number of allylic oxidation sites excluding steroid dienone is 1. The third-order valence-electron chi connectivity index (χ3n) is 1.24. The molecular weight excluding hydrogens is 110 g/mol. The first-order chi connectivity index (χ1) is 4.31. The lowest BCUT2D eigenvalue weighted by Gasteiger charge is -2.04. The average Bonchev–Trinajstić information content (AvgIpc) is 1.85. The van der Waals surface area contributed by atoms with E-state index in [-0.39, 0.29) is 0 Å². The van der Waals surface area contributed by atoms with Gasteiger partial charge in [0.05, 0.1) is 0 Å². The summed E-state index contributed by atoms with van der Waals surface area (Å²) >= 11 is 0. The molecule has 1 nitrogen and oxygen atoms in total. The summed E-state index contributed by atoms with van der Waals surface area (Å²) in [7, 11) is 0. The van der Waals surface area contributed by atoms with Crippen molar-refractivity contribution in [3.05, 3.63) is 12.2 Å². The standard InChI is InChI=1S/C8H17N/c1-4-6-8(3)7-9-5-2/h4,6,8-9H,5,7H2,1-3H3/b6-4-. The van der Waals surface area contributed by atoms with E-state index >= 15 is 0 Å². The van der Waals surface area contributed by atoms with Gasteiger partial charge in [-0.15, -0.1) is 0 Å². The molecule has 0 aromatic rings. The Morgan fingerprint density at radius 1 is 1.56 bits per heavy atom. The average molecular weight is 127 g/mol. The minimum Gasteiger partial charge on any atom is -0.316 e. The van der Waals surface area contributed by atoms with Gasteiger partial charge in [0.2, 0.25) is 0 Å². The Balaban J connectivity index is 3.15. The van der Waals surface area contributed by atoms with Crippen molar-refractivity contribution in [2.24, 2.45) is 5.92 Å². The van der Waals surface area contributed by atoms with Gasteiger partial charge < -0.3 is 5.32 Å². The summed E-state index contributed by atoms with van der Waals surface area (Å²) < 4.78 is 0. The maximum atomic E-state index is 3.28. The summed E-state index contributed by atoms with van der Waals surface area (Å²) in [5.41, 5.74) is 0. The molecule has 0 aliphatic carbocycles. The van der Waals surface area contributed by atoms with E-state index in [0.29, 0.717) is 5.92 Å². The van der Waals surface area contributed by atoms with Crippen molar-refractivity contribution in [2.45, 2.75) is 20.8 Å². The van der Waals surface area contributed by atoms with E-state index < -0.39 is 0 Å². The van der Waals surface area contributed by atoms with Crippen LogP contribution in [0.3, 0.4) is 0 Å². The zero-order valence-corrected chi connectivity index (χ0v) is 6.65. The molecule has 0 rings (SSSR count). The van der Waals surface area contributed by atoms with Gasteiger partial charge in [-0.2, -0.15) is 0 Å². The highest BCUT2D eigenvalue weighted by molar-refractivity contribution is 4.83. The smallest absolute Gasteiger partial charge is 0.00114 e. The van der Waals surface area contributed by atoms with E-state index in [9.17, 15) is 0 Å². The second kappa shape index (κ2) is 5.83. The van der Waals surface area contributed by atoms with E-state index in [4.69, 9.17) is 0 Å². The Labute approximate surface area is 58.2 Å². The van der Waals surface area contributed by atoms with Crippen molar-refractivity contribution in [1.29, 1.82) is 0 Å². The summed E-state index contributed by atoms with van der Waals surface area (Å²) in [5, 5.41) is 3.28. The van der Waals surface area contributed by atoms with Gasteiger partial charge in [-0.05, 0) is 19.4 Å². The van der Waals surface area contributed by atoms with Crippen LogP contribution in [0, 0.1) is 5.92 Å². The molecule has 0 aromatic heterocycles. The van der Waals surface area contributed by atoms with Crippen molar-refractivity contribution >= 4 is 0 Å². The van der Waals surface area contributed by atoms with Gasteiger partial charge in [0.15, 0.2) is 0 Å². The molecule has 0 aromatic carbocycles. The molecule has 0 saturated carbocycles. The quantitative estimate of drug-likeness (QED) is 0.568. The van der Waals surface area contributed by atoms with Crippen LogP contribution in [0.15, 0.2) is 12.2 Å². The van der Waals surface area contributed by atoms with Crippen LogP contribution in [0.5, 0.6) is 0 Å².